The smallest absolute Gasteiger partial charge is 0.244 e. The number of halogens is 1. The molecule has 1 rings (SSSR count). The lowest BCUT2D eigenvalue weighted by Gasteiger charge is -2.21. The Balaban J connectivity index is 3.43. The summed E-state index contributed by atoms with van der Waals surface area (Å²) < 4.78 is 40.0. The quantitative estimate of drug-likeness (QED) is 0.783. The summed E-state index contributed by atoms with van der Waals surface area (Å²) in [4.78, 5) is -0.148. The molecule has 1 aromatic rings. The molecule has 0 aliphatic rings. The predicted molar refractivity (Wildman–Crippen MR) is 76.2 cm³/mol. The van der Waals surface area contributed by atoms with Gasteiger partial charge in [-0.05, 0) is 24.6 Å². The van der Waals surface area contributed by atoms with E-state index in [1.54, 1.807) is 0 Å². The number of sulfonamides is 1. The van der Waals surface area contributed by atoms with Gasteiger partial charge in [-0.2, -0.15) is 4.31 Å². The van der Waals surface area contributed by atoms with Gasteiger partial charge in [-0.25, -0.2) is 12.8 Å². The molecule has 0 aliphatic heterocycles. The first-order valence-corrected chi connectivity index (χ1v) is 7.44. The van der Waals surface area contributed by atoms with E-state index in [0.29, 0.717) is 0 Å². The second-order valence-corrected chi connectivity index (χ2v) is 6.16. The van der Waals surface area contributed by atoms with E-state index >= 15 is 0 Å². The summed E-state index contributed by atoms with van der Waals surface area (Å²) in [6.45, 7) is 8.17. The Hall–Kier alpha value is -1.50. The minimum Gasteiger partial charge on any atom is -0.392 e. The van der Waals surface area contributed by atoms with E-state index in [0.717, 1.165) is 10.4 Å². The normalized spacial score (nSPS) is 11.6. The summed E-state index contributed by atoms with van der Waals surface area (Å²) in [5.41, 5.74) is 0.240. The average Bonchev–Trinajstić information content (AvgIpc) is 2.41. The molecule has 0 aliphatic carbocycles. The minimum atomic E-state index is -3.87. The van der Waals surface area contributed by atoms with Gasteiger partial charge in [-0.15, -0.1) is 13.2 Å². The zero-order valence-electron chi connectivity index (χ0n) is 11.3. The van der Waals surface area contributed by atoms with Gasteiger partial charge >= 0.3 is 0 Å². The van der Waals surface area contributed by atoms with E-state index in [1.807, 2.05) is 0 Å². The van der Waals surface area contributed by atoms with Crippen LogP contribution < -0.4 is 0 Å². The highest BCUT2D eigenvalue weighted by atomic mass is 32.2. The van der Waals surface area contributed by atoms with Gasteiger partial charge in [0.25, 0.3) is 0 Å². The molecule has 1 N–H and O–H groups in total. The van der Waals surface area contributed by atoms with E-state index in [-0.39, 0.29) is 29.1 Å². The van der Waals surface area contributed by atoms with Gasteiger partial charge in [0.15, 0.2) is 0 Å². The van der Waals surface area contributed by atoms with Crippen molar-refractivity contribution in [3.05, 3.63) is 54.4 Å². The van der Waals surface area contributed by atoms with Crippen LogP contribution in [-0.2, 0) is 16.6 Å². The molecule has 0 atom stereocenters. The van der Waals surface area contributed by atoms with E-state index < -0.39 is 22.4 Å². The predicted octanol–water partition coefficient (Wildman–Crippen LogP) is 1.99. The van der Waals surface area contributed by atoms with Crippen LogP contribution in [0.25, 0.3) is 0 Å². The van der Waals surface area contributed by atoms with Gasteiger partial charge in [0, 0.05) is 18.7 Å². The molecule has 20 heavy (non-hydrogen) atoms. The third-order valence-electron chi connectivity index (χ3n) is 2.82. The molecule has 1 aromatic carbocycles. The molecule has 0 bridgehead atoms. The minimum absolute atomic E-state index is 0.0281. The summed E-state index contributed by atoms with van der Waals surface area (Å²) >= 11 is 0. The van der Waals surface area contributed by atoms with E-state index in [1.165, 1.54) is 25.1 Å². The van der Waals surface area contributed by atoms with Crippen molar-refractivity contribution in [3.8, 4) is 0 Å². The lowest BCUT2D eigenvalue weighted by Crippen LogP contribution is -2.32. The van der Waals surface area contributed by atoms with Crippen molar-refractivity contribution in [2.24, 2.45) is 0 Å². The molecule has 0 radical (unpaired) electrons. The number of nitrogens with zero attached hydrogens (tertiary/aromatic N) is 1. The monoisotopic (exact) mass is 299 g/mol. The van der Waals surface area contributed by atoms with Crippen molar-refractivity contribution in [1.82, 2.24) is 4.31 Å². The first-order valence-electron chi connectivity index (χ1n) is 6.00. The molecule has 0 saturated carbocycles. The Bertz CT molecular complexity index is 601. The molecule has 6 heteroatoms. The van der Waals surface area contributed by atoms with Gasteiger partial charge in [0.2, 0.25) is 10.0 Å². The highest BCUT2D eigenvalue weighted by Gasteiger charge is 2.26. The highest BCUT2D eigenvalue weighted by molar-refractivity contribution is 7.89. The molecular weight excluding hydrogens is 281 g/mol. The fourth-order valence-corrected chi connectivity index (χ4v) is 3.43. The Kier molecular flexibility index (Phi) is 5.62. The Labute approximate surface area is 118 Å². The fourth-order valence-electron chi connectivity index (χ4n) is 1.76. The van der Waals surface area contributed by atoms with Crippen molar-refractivity contribution in [3.63, 3.8) is 0 Å². The van der Waals surface area contributed by atoms with Gasteiger partial charge in [0.05, 0.1) is 11.5 Å². The molecule has 4 nitrogen and oxygen atoms in total. The lowest BCUT2D eigenvalue weighted by atomic mass is 10.1. The molecule has 0 heterocycles. The number of aliphatic hydroxyl groups excluding tert-OH is 1. The van der Waals surface area contributed by atoms with Crippen LogP contribution in [0, 0.1) is 12.7 Å². The first kappa shape index (κ1) is 16.6. The van der Waals surface area contributed by atoms with E-state index in [4.69, 9.17) is 5.11 Å². The molecule has 0 fully saturated rings. The Morgan fingerprint density at radius 3 is 2.30 bits per heavy atom. The number of hydrogen-bond acceptors (Lipinski definition) is 3. The second-order valence-electron chi connectivity index (χ2n) is 4.26. The molecule has 0 aromatic heterocycles. The lowest BCUT2D eigenvalue weighted by molar-refractivity contribution is 0.280. The highest BCUT2D eigenvalue weighted by Crippen LogP contribution is 2.24. The van der Waals surface area contributed by atoms with Crippen LogP contribution in [0.5, 0.6) is 0 Å². The topological polar surface area (TPSA) is 57.6 Å². The fraction of sp³-hybridized carbons (Fsp3) is 0.286. The van der Waals surface area contributed by atoms with Crippen LogP contribution in [0.2, 0.25) is 0 Å². The van der Waals surface area contributed by atoms with Crippen LogP contribution in [0.15, 0.2) is 42.3 Å². The summed E-state index contributed by atoms with van der Waals surface area (Å²) in [5.74, 6) is -0.660. The van der Waals surface area contributed by atoms with Gasteiger partial charge < -0.3 is 5.11 Å². The largest absolute Gasteiger partial charge is 0.392 e. The maximum atomic E-state index is 13.8. The third kappa shape index (κ3) is 3.33. The maximum Gasteiger partial charge on any atom is 0.244 e. The maximum absolute atomic E-state index is 13.8. The van der Waals surface area contributed by atoms with Crippen molar-refractivity contribution in [2.75, 3.05) is 13.1 Å². The summed E-state index contributed by atoms with van der Waals surface area (Å²) in [7, 11) is -3.87. The average molecular weight is 299 g/mol. The van der Waals surface area contributed by atoms with Crippen LogP contribution in [0.1, 0.15) is 11.1 Å². The van der Waals surface area contributed by atoms with Gasteiger partial charge in [0.1, 0.15) is 5.82 Å². The van der Waals surface area contributed by atoms with Crippen LogP contribution in [-0.4, -0.2) is 30.9 Å². The summed E-state index contributed by atoms with van der Waals surface area (Å²) in [6, 6.07) is 2.41. The zero-order valence-corrected chi connectivity index (χ0v) is 12.2. The molecule has 0 unspecified atom stereocenters. The number of benzene rings is 1. The molecule has 110 valence electrons. The molecule has 0 spiro atoms. The van der Waals surface area contributed by atoms with Gasteiger partial charge in [-0.3, -0.25) is 0 Å². The van der Waals surface area contributed by atoms with Crippen molar-refractivity contribution in [2.45, 2.75) is 18.4 Å². The van der Waals surface area contributed by atoms with Crippen LogP contribution in [0.4, 0.5) is 4.39 Å². The van der Waals surface area contributed by atoms with Crippen LogP contribution in [0.3, 0.4) is 0 Å². The number of hydrogen-bond donors (Lipinski definition) is 1. The SMILES string of the molecule is C=CCN(CC=C)S(=O)(=O)c1cc(CO)cc(F)c1C. The second kappa shape index (κ2) is 6.78. The van der Waals surface area contributed by atoms with Crippen molar-refractivity contribution >= 4 is 10.0 Å². The first-order chi connectivity index (χ1) is 9.38. The Morgan fingerprint density at radius 2 is 1.85 bits per heavy atom. The number of rotatable bonds is 7. The zero-order chi connectivity index (χ0) is 15.3. The summed E-state index contributed by atoms with van der Waals surface area (Å²) in [5, 5.41) is 9.08. The summed E-state index contributed by atoms with van der Waals surface area (Å²) in [6.07, 6.45) is 2.89. The van der Waals surface area contributed by atoms with E-state index in [9.17, 15) is 12.8 Å². The van der Waals surface area contributed by atoms with Crippen molar-refractivity contribution < 1.29 is 17.9 Å². The number of aliphatic hydroxyl groups is 1. The standard InChI is InChI=1S/C14H18FNO3S/c1-4-6-16(7-5-2)20(18,19)14-9-12(10-17)8-13(15)11(14)3/h4-5,8-9,17H,1-2,6-7,10H2,3H3. The molecule has 0 saturated heterocycles. The Morgan fingerprint density at radius 1 is 1.30 bits per heavy atom. The van der Waals surface area contributed by atoms with Crippen LogP contribution >= 0.6 is 0 Å². The third-order valence-corrected chi connectivity index (χ3v) is 4.78. The van der Waals surface area contributed by atoms with E-state index in [2.05, 4.69) is 13.2 Å². The molecule has 0 amide bonds. The molecular formula is C14H18FNO3S. The van der Waals surface area contributed by atoms with Gasteiger partial charge in [-0.1, -0.05) is 12.2 Å². The van der Waals surface area contributed by atoms with Crippen molar-refractivity contribution in [1.29, 1.82) is 0 Å².